The molecule has 2 aliphatic heterocycles. The minimum Gasteiger partial charge on any atom is -0.483 e. The highest BCUT2D eigenvalue weighted by molar-refractivity contribution is 5.95. The molecule has 2 aliphatic rings. The monoisotopic (exact) mass is 531 g/mol. The molecule has 1 atom stereocenters. The van der Waals surface area contributed by atoms with Crippen LogP contribution in [0.3, 0.4) is 0 Å². The molecule has 2 N–H and O–H groups in total. The lowest BCUT2D eigenvalue weighted by Crippen LogP contribution is -2.59. The number of aromatic nitrogens is 3. The fourth-order valence-electron chi connectivity index (χ4n) is 4.51. The van der Waals surface area contributed by atoms with Crippen molar-refractivity contribution in [2.24, 2.45) is 10.8 Å². The molecule has 198 valence electrons. The van der Waals surface area contributed by atoms with Crippen LogP contribution >= 0.6 is 0 Å². The van der Waals surface area contributed by atoms with E-state index in [9.17, 15) is 27.2 Å². The van der Waals surface area contributed by atoms with Gasteiger partial charge in [-0.2, -0.15) is 10.2 Å². The number of ether oxygens (including phenoxy) is 1. The molecule has 3 aromatic rings. The Balaban J connectivity index is 1.27. The van der Waals surface area contributed by atoms with E-state index in [0.717, 1.165) is 17.3 Å². The fourth-order valence-corrected chi connectivity index (χ4v) is 4.51. The van der Waals surface area contributed by atoms with Crippen molar-refractivity contribution in [1.29, 1.82) is 0 Å². The highest BCUT2D eigenvalue weighted by Crippen LogP contribution is 2.34. The van der Waals surface area contributed by atoms with Crippen LogP contribution in [-0.2, 0) is 0 Å². The highest BCUT2D eigenvalue weighted by atomic mass is 19.2. The topological polar surface area (TPSA) is 119 Å². The Labute approximate surface area is 213 Å². The zero-order valence-corrected chi connectivity index (χ0v) is 20.2. The molecular weight excluding hydrogens is 510 g/mol. The number of halogens is 4. The Bertz CT molecular complexity index is 1490. The summed E-state index contributed by atoms with van der Waals surface area (Å²) >= 11 is 0. The second-order valence-corrected chi connectivity index (χ2v) is 8.91. The zero-order chi connectivity index (χ0) is 27.3. The lowest BCUT2D eigenvalue weighted by Gasteiger charge is -2.41. The number of hydrogen-bond acceptors (Lipinski definition) is 6. The maximum Gasteiger partial charge on any atom is 0.341 e. The Kier molecular flexibility index (Phi) is 6.25. The quantitative estimate of drug-likeness (QED) is 0.401. The van der Waals surface area contributed by atoms with Gasteiger partial charge >= 0.3 is 6.03 Å². The summed E-state index contributed by atoms with van der Waals surface area (Å²) in [5.74, 6) is -4.93. The minimum atomic E-state index is -1.36. The Morgan fingerprint density at radius 1 is 1.08 bits per heavy atom. The second-order valence-electron chi connectivity index (χ2n) is 8.91. The smallest absolute Gasteiger partial charge is 0.341 e. The predicted octanol–water partition coefficient (Wildman–Crippen LogP) is 3.16. The first kappa shape index (κ1) is 25.2. The lowest BCUT2D eigenvalue weighted by atomic mass is 10.0. The number of hydrazone groups is 1. The van der Waals surface area contributed by atoms with Crippen molar-refractivity contribution < 1.29 is 31.9 Å². The zero-order valence-electron chi connectivity index (χ0n) is 20.2. The molecule has 14 heteroatoms. The highest BCUT2D eigenvalue weighted by Gasteiger charge is 2.40. The molecule has 0 bridgehead atoms. The van der Waals surface area contributed by atoms with E-state index in [2.05, 4.69) is 15.2 Å². The van der Waals surface area contributed by atoms with E-state index < -0.39 is 47.4 Å². The first-order chi connectivity index (χ1) is 18.0. The van der Waals surface area contributed by atoms with Crippen LogP contribution in [0, 0.1) is 37.1 Å². The summed E-state index contributed by atoms with van der Waals surface area (Å²) in [4.78, 5) is 30.0. The maximum atomic E-state index is 14.5. The molecule has 1 aromatic carbocycles. The van der Waals surface area contributed by atoms with Crippen molar-refractivity contribution in [3.8, 4) is 11.6 Å². The van der Waals surface area contributed by atoms with E-state index in [1.165, 1.54) is 21.9 Å². The van der Waals surface area contributed by atoms with Crippen LogP contribution in [0.2, 0.25) is 0 Å². The van der Waals surface area contributed by atoms with Crippen LogP contribution in [0.25, 0.3) is 5.82 Å². The van der Waals surface area contributed by atoms with Crippen LogP contribution in [0.15, 0.2) is 29.5 Å². The number of nitrogens with zero attached hydrogens (tertiary/aromatic N) is 6. The Morgan fingerprint density at radius 2 is 1.82 bits per heavy atom. The van der Waals surface area contributed by atoms with Gasteiger partial charge in [0.2, 0.25) is 0 Å². The standard InChI is InChI=1S/C24H21F4N7O3/c1-11-21(23(29)36)12(2)34(32-11)20-7-19(17(27)8-30-20)38-14-9-33(10-14)24(37)35-18(3-4-31-35)15-5-13(25)6-16(26)22(15)28/h4-8,14,18H,3,9-10H2,1-2H3,(H2,29,36)/t18-/m0/s1. The number of pyridine rings is 1. The molecule has 0 radical (unpaired) electrons. The lowest BCUT2D eigenvalue weighted by molar-refractivity contribution is 0.0254. The van der Waals surface area contributed by atoms with E-state index in [0.29, 0.717) is 17.5 Å². The number of primary amides is 1. The summed E-state index contributed by atoms with van der Waals surface area (Å²) in [6.45, 7) is 3.35. The molecule has 1 fully saturated rings. The van der Waals surface area contributed by atoms with Crippen LogP contribution < -0.4 is 10.5 Å². The van der Waals surface area contributed by atoms with Crippen LogP contribution in [0.4, 0.5) is 22.4 Å². The molecule has 4 heterocycles. The number of carbonyl (C=O) groups excluding carboxylic acids is 2. The molecule has 0 unspecified atom stereocenters. The molecule has 2 aromatic heterocycles. The molecule has 5 rings (SSSR count). The van der Waals surface area contributed by atoms with Gasteiger partial charge in [0.1, 0.15) is 11.9 Å². The molecule has 0 aliphatic carbocycles. The molecule has 0 saturated carbocycles. The largest absolute Gasteiger partial charge is 0.483 e. The molecule has 38 heavy (non-hydrogen) atoms. The third kappa shape index (κ3) is 4.31. The van der Waals surface area contributed by atoms with Gasteiger partial charge in [-0.3, -0.25) is 4.79 Å². The van der Waals surface area contributed by atoms with Crippen LogP contribution in [0.1, 0.15) is 39.8 Å². The van der Waals surface area contributed by atoms with Gasteiger partial charge in [-0.1, -0.05) is 0 Å². The SMILES string of the molecule is Cc1nn(-c2cc(OC3CN(C(=O)N4N=CC[C@H]4c4cc(F)cc(F)c4F)C3)c(F)cn2)c(C)c1C(N)=O. The van der Waals surface area contributed by atoms with E-state index in [1.54, 1.807) is 13.8 Å². The van der Waals surface area contributed by atoms with Crippen molar-refractivity contribution in [3.63, 3.8) is 0 Å². The van der Waals surface area contributed by atoms with E-state index >= 15 is 0 Å². The van der Waals surface area contributed by atoms with E-state index in [4.69, 9.17) is 10.5 Å². The maximum absolute atomic E-state index is 14.5. The summed E-state index contributed by atoms with van der Waals surface area (Å²) in [6, 6.07) is 0.933. The second kappa shape index (κ2) is 9.43. The van der Waals surface area contributed by atoms with Crippen LogP contribution in [-0.4, -0.2) is 62.0 Å². The van der Waals surface area contributed by atoms with Gasteiger partial charge in [-0.25, -0.2) is 37.0 Å². The minimum absolute atomic E-state index is 0.0559. The summed E-state index contributed by atoms with van der Waals surface area (Å²) < 4.78 is 63.3. The average Bonchev–Trinajstić information content (AvgIpc) is 3.43. The van der Waals surface area contributed by atoms with Gasteiger partial charge in [0.25, 0.3) is 5.91 Å². The van der Waals surface area contributed by atoms with Gasteiger partial charge in [0.15, 0.2) is 29.0 Å². The number of urea groups is 1. The molecule has 10 nitrogen and oxygen atoms in total. The Hall–Kier alpha value is -4.49. The normalized spacial score (nSPS) is 17.2. The number of likely N-dealkylation sites (tertiary alicyclic amines) is 1. The first-order valence-electron chi connectivity index (χ1n) is 11.5. The summed E-state index contributed by atoms with van der Waals surface area (Å²) in [6.07, 6.45) is 1.80. The number of amides is 3. The number of benzene rings is 1. The number of nitrogens with two attached hydrogens (primary N) is 1. The number of aryl methyl sites for hydroxylation is 1. The summed E-state index contributed by atoms with van der Waals surface area (Å²) in [7, 11) is 0. The first-order valence-corrected chi connectivity index (χ1v) is 11.5. The van der Waals surface area contributed by atoms with Gasteiger partial charge in [-0.15, -0.1) is 0 Å². The van der Waals surface area contributed by atoms with Gasteiger partial charge in [-0.05, 0) is 19.9 Å². The van der Waals surface area contributed by atoms with Gasteiger partial charge in [0.05, 0.1) is 42.3 Å². The fraction of sp³-hybridized carbons (Fsp3) is 0.292. The van der Waals surface area contributed by atoms with Crippen molar-refractivity contribution in [2.45, 2.75) is 32.4 Å². The van der Waals surface area contributed by atoms with Crippen molar-refractivity contribution in [1.82, 2.24) is 24.7 Å². The molecule has 3 amide bonds. The third-order valence-corrected chi connectivity index (χ3v) is 6.38. The van der Waals surface area contributed by atoms with E-state index in [1.807, 2.05) is 0 Å². The number of hydrogen-bond donors (Lipinski definition) is 1. The predicted molar refractivity (Wildman–Crippen MR) is 125 cm³/mol. The van der Waals surface area contributed by atoms with Gasteiger partial charge < -0.3 is 15.4 Å². The molecular formula is C24H21F4N7O3. The summed E-state index contributed by atoms with van der Waals surface area (Å²) in [5.41, 5.74) is 6.13. The van der Waals surface area contributed by atoms with Gasteiger partial charge in [0, 0.05) is 30.3 Å². The number of rotatable bonds is 5. The third-order valence-electron chi connectivity index (χ3n) is 6.38. The van der Waals surface area contributed by atoms with Crippen molar-refractivity contribution in [2.75, 3.05) is 13.1 Å². The average molecular weight is 531 g/mol. The van der Waals surface area contributed by atoms with E-state index in [-0.39, 0.29) is 42.2 Å². The van der Waals surface area contributed by atoms with Crippen molar-refractivity contribution >= 4 is 18.2 Å². The van der Waals surface area contributed by atoms with Crippen LogP contribution in [0.5, 0.6) is 5.75 Å². The van der Waals surface area contributed by atoms with Crippen molar-refractivity contribution in [3.05, 3.63) is 70.2 Å². The number of carbonyl (C=O) groups is 2. The Morgan fingerprint density at radius 3 is 2.50 bits per heavy atom. The summed E-state index contributed by atoms with van der Waals surface area (Å²) in [5, 5.41) is 9.15. The molecule has 0 spiro atoms. The molecule has 1 saturated heterocycles.